The molecule has 1 heterocycles. The van der Waals surface area contributed by atoms with Crippen LogP contribution in [0, 0.1) is 29.1 Å². The normalized spacial score (nSPS) is 14.7. The van der Waals surface area contributed by atoms with Gasteiger partial charge < -0.3 is 19.7 Å². The van der Waals surface area contributed by atoms with Crippen molar-refractivity contribution in [2.24, 2.45) is 0 Å². The summed E-state index contributed by atoms with van der Waals surface area (Å²) in [6.45, 7) is 2.93. The quantitative estimate of drug-likeness (QED) is 0.0525. The molecule has 1 fully saturated rings. The number of nitrogens with one attached hydrogen (secondary N) is 1. The van der Waals surface area contributed by atoms with E-state index in [4.69, 9.17) is 9.47 Å². The fourth-order valence-electron chi connectivity index (χ4n) is 5.33. The molecule has 1 amide bonds. The van der Waals surface area contributed by atoms with Crippen LogP contribution in [0.1, 0.15) is 27.9 Å². The predicted molar refractivity (Wildman–Crippen MR) is 181 cm³/mol. The number of nitrogens with zero attached hydrogens (tertiary/aromatic N) is 2. The van der Waals surface area contributed by atoms with Crippen LogP contribution in [-0.2, 0) is 32.8 Å². The monoisotopic (exact) mass is 741 g/mol. The third-order valence-corrected chi connectivity index (χ3v) is 10.1. The van der Waals surface area contributed by atoms with E-state index in [0.717, 1.165) is 16.0 Å². The highest BCUT2D eigenvalue weighted by atomic mass is 32.2. The molecular weight excluding hydrogens is 709 g/mol. The van der Waals surface area contributed by atoms with Crippen LogP contribution < -0.4 is 15.0 Å². The van der Waals surface area contributed by atoms with Gasteiger partial charge in [-0.3, -0.25) is 4.79 Å². The molecule has 0 unspecified atom stereocenters. The molecular formula is C37H32F5N3O6S. The molecule has 0 saturated carbocycles. The van der Waals surface area contributed by atoms with Crippen molar-refractivity contribution in [3.63, 3.8) is 0 Å². The maximum atomic E-state index is 14.7. The minimum Gasteiger partial charge on any atom is -0.488 e. The number of benzene rings is 4. The molecule has 272 valence electrons. The van der Waals surface area contributed by atoms with Crippen LogP contribution in [-0.4, -0.2) is 50.8 Å². The van der Waals surface area contributed by atoms with Gasteiger partial charge in [-0.15, -0.1) is 0 Å². The molecule has 4 aromatic rings. The minimum absolute atomic E-state index is 0.00585. The van der Waals surface area contributed by atoms with E-state index in [1.54, 1.807) is 55.6 Å². The Bertz CT molecular complexity index is 2090. The Balaban J connectivity index is 1.52. The lowest BCUT2D eigenvalue weighted by Crippen LogP contribution is -2.59. The Morgan fingerprint density at radius 2 is 1.46 bits per heavy atom. The van der Waals surface area contributed by atoms with Crippen molar-refractivity contribution >= 4 is 27.6 Å². The first kappa shape index (κ1) is 37.7. The van der Waals surface area contributed by atoms with Crippen molar-refractivity contribution in [2.45, 2.75) is 30.6 Å². The maximum absolute atomic E-state index is 14.7. The number of hydrogen-bond donors (Lipinski definition) is 1. The molecule has 4 aromatic carbocycles. The summed E-state index contributed by atoms with van der Waals surface area (Å²) in [6, 6.07) is 20.5. The Morgan fingerprint density at radius 3 is 2.00 bits per heavy atom. The molecule has 1 aliphatic heterocycles. The van der Waals surface area contributed by atoms with Crippen molar-refractivity contribution in [1.29, 1.82) is 0 Å². The van der Waals surface area contributed by atoms with Crippen molar-refractivity contribution in [3.05, 3.63) is 149 Å². The van der Waals surface area contributed by atoms with Crippen LogP contribution in [0.5, 0.6) is 5.75 Å². The van der Waals surface area contributed by atoms with Crippen molar-refractivity contribution in [1.82, 2.24) is 9.62 Å². The van der Waals surface area contributed by atoms with Gasteiger partial charge in [0.05, 0.1) is 6.54 Å². The number of rotatable bonds is 14. The van der Waals surface area contributed by atoms with Gasteiger partial charge in [0, 0.05) is 31.0 Å². The van der Waals surface area contributed by atoms with E-state index in [0.29, 0.717) is 10.0 Å². The summed E-state index contributed by atoms with van der Waals surface area (Å²) in [6.07, 6.45) is 2.82. The van der Waals surface area contributed by atoms with Gasteiger partial charge in [-0.2, -0.15) is 4.31 Å². The number of anilines is 1. The van der Waals surface area contributed by atoms with Gasteiger partial charge in [-0.25, -0.2) is 35.2 Å². The zero-order chi connectivity index (χ0) is 37.6. The summed E-state index contributed by atoms with van der Waals surface area (Å²) < 4.78 is 110. The molecule has 0 spiro atoms. The molecule has 1 N–H and O–H groups in total. The number of esters is 1. The molecule has 1 saturated heterocycles. The zero-order valence-electron chi connectivity index (χ0n) is 27.6. The van der Waals surface area contributed by atoms with Gasteiger partial charge in [-0.1, -0.05) is 73.3 Å². The van der Waals surface area contributed by atoms with E-state index in [1.807, 2.05) is 12.1 Å². The molecule has 0 bridgehead atoms. The number of likely N-dealkylation sites (N-methyl/N-ethyl adjacent to an activating group) is 1. The van der Waals surface area contributed by atoms with Crippen LogP contribution in [0.25, 0.3) is 0 Å². The van der Waals surface area contributed by atoms with Crippen LogP contribution in [0.4, 0.5) is 27.6 Å². The van der Waals surface area contributed by atoms with Crippen molar-refractivity contribution < 1.29 is 49.4 Å². The molecule has 9 nitrogen and oxygen atoms in total. The topological polar surface area (TPSA) is 105 Å². The predicted octanol–water partition coefficient (Wildman–Crippen LogP) is 6.40. The lowest BCUT2D eigenvalue weighted by molar-refractivity contribution is -0.125. The number of ether oxygens (including phenoxy) is 2. The summed E-state index contributed by atoms with van der Waals surface area (Å²) in [5.74, 6) is -14.1. The largest absolute Gasteiger partial charge is 0.488 e. The van der Waals surface area contributed by atoms with Crippen LogP contribution in [0.2, 0.25) is 0 Å². The first-order chi connectivity index (χ1) is 24.9. The third kappa shape index (κ3) is 7.85. The van der Waals surface area contributed by atoms with E-state index in [1.165, 1.54) is 30.4 Å². The first-order valence-corrected chi connectivity index (χ1v) is 17.2. The average molecular weight is 742 g/mol. The number of halogens is 5. The van der Waals surface area contributed by atoms with Gasteiger partial charge in [0.1, 0.15) is 30.6 Å². The molecule has 5 rings (SSSR count). The number of hydrogen-bond acceptors (Lipinski definition) is 7. The zero-order valence-corrected chi connectivity index (χ0v) is 28.4. The fraction of sp³-hybridized carbons (Fsp3) is 0.189. The van der Waals surface area contributed by atoms with Crippen LogP contribution >= 0.6 is 0 Å². The van der Waals surface area contributed by atoms with E-state index in [9.17, 15) is 40.0 Å². The number of sulfonamides is 1. The van der Waals surface area contributed by atoms with Gasteiger partial charge in [-0.05, 0) is 35.8 Å². The number of carbonyl (C=O) groups is 2. The van der Waals surface area contributed by atoms with Gasteiger partial charge >= 0.3 is 5.97 Å². The molecule has 1 aliphatic rings. The first-order valence-electron chi connectivity index (χ1n) is 15.7. The number of allylic oxidation sites excluding steroid dienone is 2. The summed E-state index contributed by atoms with van der Waals surface area (Å²) in [5, 5.41) is 2.90. The van der Waals surface area contributed by atoms with E-state index < -0.39 is 68.5 Å². The summed E-state index contributed by atoms with van der Waals surface area (Å²) in [7, 11) is -3.86. The summed E-state index contributed by atoms with van der Waals surface area (Å²) in [5.41, 5.74) is 2.01. The summed E-state index contributed by atoms with van der Waals surface area (Å²) in [4.78, 5) is 26.6. The summed E-state index contributed by atoms with van der Waals surface area (Å²) >= 11 is 0. The lowest BCUT2D eigenvalue weighted by Gasteiger charge is -2.41. The van der Waals surface area contributed by atoms with Gasteiger partial charge in [0.2, 0.25) is 21.7 Å². The second-order valence-electron chi connectivity index (χ2n) is 11.4. The molecule has 0 aromatic heterocycles. The van der Waals surface area contributed by atoms with E-state index in [-0.39, 0.29) is 43.2 Å². The van der Waals surface area contributed by atoms with Crippen LogP contribution in [0.3, 0.4) is 0 Å². The Morgan fingerprint density at radius 1 is 0.885 bits per heavy atom. The Hall–Kier alpha value is -5.54. The average Bonchev–Trinajstić information content (AvgIpc) is 3.13. The maximum Gasteiger partial charge on any atom is 0.342 e. The third-order valence-electron chi connectivity index (χ3n) is 8.17. The Kier molecular flexibility index (Phi) is 11.8. The standard InChI is InChI=1S/C37H32F5N3O6S/c1-3-10-25(43-2)20-44(36(46)28-17-18-45(28)52(48,49)35-33(41)31(39)30(38)32(40)34(35)42)26-15-16-27(37(47)51-22-24-13-8-5-9-14-24)29(19-26)50-21-23-11-6-4-7-12-23/h3-16,19,28,43H,1,17-18,20-22H2,2H3/b25-10-/t28-/m1/s1. The minimum atomic E-state index is -5.42. The highest BCUT2D eigenvalue weighted by Crippen LogP contribution is 2.36. The van der Waals surface area contributed by atoms with Gasteiger partial charge in [0.15, 0.2) is 28.2 Å². The molecule has 1 atom stereocenters. The highest BCUT2D eigenvalue weighted by molar-refractivity contribution is 7.89. The Labute approximate surface area is 296 Å². The number of amides is 1. The molecule has 0 aliphatic carbocycles. The van der Waals surface area contributed by atoms with E-state index >= 15 is 0 Å². The molecule has 15 heteroatoms. The van der Waals surface area contributed by atoms with Crippen LogP contribution in [0.15, 0.2) is 108 Å². The molecule has 0 radical (unpaired) electrons. The van der Waals surface area contributed by atoms with E-state index in [2.05, 4.69) is 11.9 Å². The second kappa shape index (κ2) is 16.2. The smallest absolute Gasteiger partial charge is 0.342 e. The molecule has 52 heavy (non-hydrogen) atoms. The van der Waals surface area contributed by atoms with Gasteiger partial charge in [0.25, 0.3) is 0 Å². The fourth-order valence-corrected chi connectivity index (χ4v) is 7.08. The lowest BCUT2D eigenvalue weighted by atomic mass is 10.0. The second-order valence-corrected chi connectivity index (χ2v) is 13.3. The SMILES string of the molecule is C=C/C=C(/CN(C(=O)[C@H]1CCN1S(=O)(=O)c1c(F)c(F)c(F)c(F)c1F)c1ccc(C(=O)OCc2ccccc2)c(OCc2ccccc2)c1)NC. The number of carbonyl (C=O) groups excluding carboxylic acids is 2. The van der Waals surface area contributed by atoms with Crippen molar-refractivity contribution in [3.8, 4) is 5.75 Å². The van der Waals surface area contributed by atoms with Crippen molar-refractivity contribution in [2.75, 3.05) is 25.0 Å². The highest BCUT2D eigenvalue weighted by Gasteiger charge is 2.48.